The van der Waals surface area contributed by atoms with Gasteiger partial charge in [-0.2, -0.15) is 0 Å². The van der Waals surface area contributed by atoms with Crippen molar-refractivity contribution in [1.82, 2.24) is 5.32 Å². The molecule has 2 aromatic carbocycles. The summed E-state index contributed by atoms with van der Waals surface area (Å²) in [6, 6.07) is 9.12. The van der Waals surface area contributed by atoms with E-state index >= 15 is 0 Å². The van der Waals surface area contributed by atoms with Crippen LogP contribution in [0.1, 0.15) is 22.7 Å². The monoisotopic (exact) mass is 328 g/mol. The molecule has 0 radical (unpaired) electrons. The average Bonchev–Trinajstić information content (AvgIpc) is 2.57. The molecule has 0 aliphatic heterocycles. The van der Waals surface area contributed by atoms with Crippen molar-refractivity contribution in [2.45, 2.75) is 19.9 Å². The summed E-state index contributed by atoms with van der Waals surface area (Å²) >= 11 is 0. The van der Waals surface area contributed by atoms with Gasteiger partial charge in [0.2, 0.25) is 6.41 Å². The van der Waals surface area contributed by atoms with Crippen molar-refractivity contribution in [3.8, 4) is 11.5 Å². The first-order valence-electron chi connectivity index (χ1n) is 7.41. The molecular formula is C18H20N2O4. The topological polar surface area (TPSA) is 87.7 Å². The predicted octanol–water partition coefficient (Wildman–Crippen LogP) is 2.44. The number of aromatic hydroxyl groups is 1. The Balaban J connectivity index is 2.37. The maximum absolute atomic E-state index is 12.7. The molecule has 0 bridgehead atoms. The van der Waals surface area contributed by atoms with Crippen LogP contribution in [0.4, 0.5) is 5.69 Å². The number of methoxy groups -OCH3 is 1. The summed E-state index contributed by atoms with van der Waals surface area (Å²) in [5.74, 6) is -0.0878. The number of carbonyl (C=O) groups excluding carboxylic acids is 2. The second kappa shape index (κ2) is 7.50. The Morgan fingerprint density at radius 3 is 2.46 bits per heavy atom. The maximum Gasteiger partial charge on any atom is 0.251 e. The molecule has 2 aromatic rings. The number of ether oxygens (including phenoxy) is 1. The number of phenols is 1. The van der Waals surface area contributed by atoms with Crippen molar-refractivity contribution < 1.29 is 19.4 Å². The first-order chi connectivity index (χ1) is 11.5. The molecule has 2 rings (SSSR count). The highest BCUT2D eigenvalue weighted by Gasteiger charge is 2.24. The maximum atomic E-state index is 12.7. The van der Waals surface area contributed by atoms with E-state index in [9.17, 15) is 14.7 Å². The number of nitrogens with one attached hydrogen (secondary N) is 2. The van der Waals surface area contributed by atoms with E-state index < -0.39 is 11.9 Å². The van der Waals surface area contributed by atoms with E-state index in [1.165, 1.54) is 19.2 Å². The molecule has 0 heterocycles. The van der Waals surface area contributed by atoms with E-state index in [1.807, 2.05) is 32.0 Å². The lowest BCUT2D eigenvalue weighted by Crippen LogP contribution is -2.32. The number of hydrogen-bond acceptors (Lipinski definition) is 4. The fraction of sp³-hybridized carbons (Fsp3) is 0.222. The number of amides is 2. The van der Waals surface area contributed by atoms with Crippen LogP contribution in [0.3, 0.4) is 0 Å². The molecule has 2 amide bonds. The number of hydrogen-bond donors (Lipinski definition) is 3. The number of carbonyl (C=O) groups is 2. The molecule has 6 heteroatoms. The van der Waals surface area contributed by atoms with Gasteiger partial charge in [-0.25, -0.2) is 0 Å². The van der Waals surface area contributed by atoms with Gasteiger partial charge >= 0.3 is 0 Å². The summed E-state index contributed by atoms with van der Waals surface area (Å²) in [4.78, 5) is 23.6. The van der Waals surface area contributed by atoms with Gasteiger partial charge in [0.05, 0.1) is 7.11 Å². The molecular weight excluding hydrogens is 308 g/mol. The van der Waals surface area contributed by atoms with Crippen LogP contribution in [0, 0.1) is 13.8 Å². The van der Waals surface area contributed by atoms with Gasteiger partial charge in [0.15, 0.2) is 0 Å². The van der Waals surface area contributed by atoms with Crippen LogP contribution >= 0.6 is 0 Å². The normalized spacial score (nSPS) is 11.5. The van der Waals surface area contributed by atoms with Crippen LogP contribution < -0.4 is 15.4 Å². The molecule has 3 N–H and O–H groups in total. The zero-order valence-corrected chi connectivity index (χ0v) is 13.8. The van der Waals surface area contributed by atoms with E-state index in [0.717, 1.165) is 11.1 Å². The summed E-state index contributed by atoms with van der Waals surface area (Å²) in [7, 11) is 1.48. The van der Waals surface area contributed by atoms with Gasteiger partial charge < -0.3 is 20.5 Å². The smallest absolute Gasteiger partial charge is 0.251 e. The summed E-state index contributed by atoms with van der Waals surface area (Å²) < 4.78 is 5.12. The SMILES string of the molecule is COc1ccc(O)c(C(NC=O)C(=O)Nc2c(C)cccc2C)c1. The standard InChI is InChI=1S/C18H20N2O4/c1-11-5-4-6-12(2)16(11)20-18(23)17(19-10-21)14-9-13(24-3)7-8-15(14)22/h4-10,17,22H,1-3H3,(H,19,21)(H,20,23). The summed E-state index contributed by atoms with van der Waals surface area (Å²) in [5, 5.41) is 15.3. The molecule has 0 saturated carbocycles. The molecule has 1 unspecified atom stereocenters. The van der Waals surface area contributed by atoms with Crippen LogP contribution in [-0.2, 0) is 9.59 Å². The molecule has 0 aliphatic carbocycles. The largest absolute Gasteiger partial charge is 0.508 e. The Morgan fingerprint density at radius 2 is 1.88 bits per heavy atom. The van der Waals surface area contributed by atoms with Gasteiger partial charge in [0.25, 0.3) is 5.91 Å². The summed E-state index contributed by atoms with van der Waals surface area (Å²) in [5.41, 5.74) is 2.75. The molecule has 0 aliphatic rings. The van der Waals surface area contributed by atoms with E-state index in [-0.39, 0.29) is 11.3 Å². The summed E-state index contributed by atoms with van der Waals surface area (Å²) in [6.07, 6.45) is 0.424. The van der Waals surface area contributed by atoms with Crippen LogP contribution in [-0.4, -0.2) is 24.5 Å². The second-order valence-electron chi connectivity index (χ2n) is 5.40. The Labute approximate surface area is 140 Å². The predicted molar refractivity (Wildman–Crippen MR) is 91.1 cm³/mol. The highest BCUT2D eigenvalue weighted by molar-refractivity contribution is 5.98. The Bertz CT molecular complexity index is 738. The first kappa shape index (κ1) is 17.3. The van der Waals surface area contributed by atoms with Crippen molar-refractivity contribution in [2.24, 2.45) is 0 Å². The van der Waals surface area contributed by atoms with Crippen molar-refractivity contribution in [3.63, 3.8) is 0 Å². The minimum atomic E-state index is -1.04. The minimum Gasteiger partial charge on any atom is -0.508 e. The lowest BCUT2D eigenvalue weighted by Gasteiger charge is -2.20. The molecule has 0 saturated heterocycles. The number of phenolic OH excluding ortho intramolecular Hbond substituents is 1. The first-order valence-corrected chi connectivity index (χ1v) is 7.41. The molecule has 0 fully saturated rings. The summed E-state index contributed by atoms with van der Waals surface area (Å²) in [6.45, 7) is 3.77. The van der Waals surface area contributed by atoms with E-state index in [4.69, 9.17) is 4.74 Å². The van der Waals surface area contributed by atoms with Crippen LogP contribution in [0.25, 0.3) is 0 Å². The van der Waals surface area contributed by atoms with E-state index in [1.54, 1.807) is 6.07 Å². The molecule has 24 heavy (non-hydrogen) atoms. The molecule has 0 aromatic heterocycles. The van der Waals surface area contributed by atoms with Gasteiger partial charge in [-0.15, -0.1) is 0 Å². The van der Waals surface area contributed by atoms with Gasteiger partial charge in [-0.1, -0.05) is 18.2 Å². The third-order valence-electron chi connectivity index (χ3n) is 3.77. The zero-order valence-electron chi connectivity index (χ0n) is 13.8. The van der Waals surface area contributed by atoms with E-state index in [0.29, 0.717) is 17.8 Å². The van der Waals surface area contributed by atoms with Gasteiger partial charge in [-0.3, -0.25) is 9.59 Å². The van der Waals surface area contributed by atoms with Crippen molar-refractivity contribution in [3.05, 3.63) is 53.1 Å². The lowest BCUT2D eigenvalue weighted by molar-refractivity contribution is -0.121. The van der Waals surface area contributed by atoms with Gasteiger partial charge in [0.1, 0.15) is 17.5 Å². The average molecular weight is 328 g/mol. The fourth-order valence-electron chi connectivity index (χ4n) is 2.47. The molecule has 0 spiro atoms. The Morgan fingerprint density at radius 1 is 1.21 bits per heavy atom. The number of para-hydroxylation sites is 1. The fourth-order valence-corrected chi connectivity index (χ4v) is 2.47. The number of rotatable bonds is 6. The van der Waals surface area contributed by atoms with Gasteiger partial charge in [0, 0.05) is 11.3 Å². The molecule has 6 nitrogen and oxygen atoms in total. The minimum absolute atomic E-state index is 0.105. The molecule has 126 valence electrons. The second-order valence-corrected chi connectivity index (χ2v) is 5.40. The van der Waals surface area contributed by atoms with Crippen molar-refractivity contribution in [1.29, 1.82) is 0 Å². The number of benzene rings is 2. The number of aryl methyl sites for hydroxylation is 2. The van der Waals surface area contributed by atoms with Crippen LogP contribution in [0.5, 0.6) is 11.5 Å². The number of anilines is 1. The highest BCUT2D eigenvalue weighted by Crippen LogP contribution is 2.30. The van der Waals surface area contributed by atoms with Crippen molar-refractivity contribution >= 4 is 18.0 Å². The quantitative estimate of drug-likeness (QED) is 0.711. The van der Waals surface area contributed by atoms with Crippen molar-refractivity contribution in [2.75, 3.05) is 12.4 Å². The highest BCUT2D eigenvalue weighted by atomic mass is 16.5. The molecule has 1 atom stereocenters. The van der Waals surface area contributed by atoms with Crippen LogP contribution in [0.2, 0.25) is 0 Å². The Kier molecular flexibility index (Phi) is 5.42. The third kappa shape index (κ3) is 3.65. The van der Waals surface area contributed by atoms with E-state index in [2.05, 4.69) is 10.6 Å². The van der Waals surface area contributed by atoms with Crippen LogP contribution in [0.15, 0.2) is 36.4 Å². The zero-order chi connectivity index (χ0) is 17.7. The lowest BCUT2D eigenvalue weighted by atomic mass is 10.0. The third-order valence-corrected chi connectivity index (χ3v) is 3.77. The Hall–Kier alpha value is -3.02. The van der Waals surface area contributed by atoms with Gasteiger partial charge in [-0.05, 0) is 43.2 Å².